The topological polar surface area (TPSA) is 26.5 Å². The van der Waals surface area contributed by atoms with Crippen molar-refractivity contribution < 1.29 is 30.2 Å². The molecule has 79 valence electrons. The number of rotatable bonds is 2. The van der Waals surface area contributed by atoms with Crippen LogP contribution in [0, 0.1) is 0 Å². The molecule has 0 saturated heterocycles. The summed E-state index contributed by atoms with van der Waals surface area (Å²) in [4.78, 5) is 3.83. The number of alkyl halides is 3. The van der Waals surface area contributed by atoms with Crippen LogP contribution in [0.15, 0.2) is 4.99 Å². The molecule has 0 aliphatic heterocycles. The first-order chi connectivity index (χ1) is 5.31. The van der Waals surface area contributed by atoms with E-state index in [0.29, 0.717) is 0 Å². The molecule has 0 unspecified atom stereocenters. The van der Waals surface area contributed by atoms with E-state index in [4.69, 9.17) is 0 Å². The fraction of sp³-hybridized carbons (Fsp3) is 0.857. The first-order valence-electron chi connectivity index (χ1n) is 3.60. The predicted molar refractivity (Wildman–Crippen MR) is 42.5 cm³/mol. The van der Waals surface area contributed by atoms with Gasteiger partial charge in [0.1, 0.15) is 0 Å². The minimum Gasteiger partial charge on any atom is -0.467 e. The Kier molecular flexibility index (Phi) is 7.36. The van der Waals surface area contributed by atoms with Crippen molar-refractivity contribution in [3.05, 3.63) is 5.32 Å². The van der Waals surface area contributed by atoms with Crippen LogP contribution >= 0.6 is 0 Å². The average molecular weight is 236 g/mol. The van der Waals surface area contributed by atoms with Crippen molar-refractivity contribution in [3.63, 3.8) is 0 Å². The third kappa shape index (κ3) is 11.8. The van der Waals surface area contributed by atoms with E-state index in [1.807, 2.05) is 0 Å². The summed E-state index contributed by atoms with van der Waals surface area (Å²) in [6, 6.07) is -0.0121. The molecule has 0 aromatic rings. The second-order valence-corrected chi connectivity index (χ2v) is 2.70. The second-order valence-electron chi connectivity index (χ2n) is 2.70. The van der Waals surface area contributed by atoms with Gasteiger partial charge in [-0.2, -0.15) is 13.2 Å². The number of amidine groups is 1. The summed E-state index contributed by atoms with van der Waals surface area (Å²) in [6.07, 6.45) is -4.23. The van der Waals surface area contributed by atoms with E-state index in [0.717, 1.165) is 0 Å². The zero-order chi connectivity index (χ0) is 9.78. The summed E-state index contributed by atoms with van der Waals surface area (Å²) in [6.45, 7) is 3.89. The van der Waals surface area contributed by atoms with Crippen LogP contribution in [-0.2, 0) is 17.1 Å². The largest absolute Gasteiger partial charge is 0.467 e. The normalized spacial score (nSPS) is 12.7. The second kappa shape index (κ2) is 6.27. The van der Waals surface area contributed by atoms with E-state index in [-0.39, 0.29) is 28.9 Å². The van der Waals surface area contributed by atoms with E-state index >= 15 is 0 Å². The van der Waals surface area contributed by atoms with Gasteiger partial charge in [-0.05, 0) is 13.0 Å². The third-order valence-corrected chi connectivity index (χ3v) is 0.932. The van der Waals surface area contributed by atoms with Gasteiger partial charge in [-0.15, -0.1) is 0 Å². The van der Waals surface area contributed by atoms with Crippen LogP contribution in [-0.4, -0.2) is 24.6 Å². The van der Waals surface area contributed by atoms with Gasteiger partial charge in [-0.3, -0.25) is 0 Å². The molecule has 0 aliphatic carbocycles. The molecular weight excluding hydrogens is 224 g/mol. The van der Waals surface area contributed by atoms with Crippen LogP contribution in [0.5, 0.6) is 0 Å². The number of nitrogens with zero attached hydrogens (tertiary/aromatic N) is 2. The Bertz CT molecular complexity index is 166. The summed E-state index contributed by atoms with van der Waals surface area (Å²) >= 11 is 0. The summed E-state index contributed by atoms with van der Waals surface area (Å²) in [5, 5.41) is 3.26. The summed E-state index contributed by atoms with van der Waals surface area (Å²) < 4.78 is 34.8. The molecule has 0 aromatic heterocycles. The van der Waals surface area contributed by atoms with Crippen molar-refractivity contribution >= 4 is 5.84 Å². The molecule has 0 spiro atoms. The fourth-order valence-corrected chi connectivity index (χ4v) is 0.619. The summed E-state index contributed by atoms with van der Waals surface area (Å²) in [5.41, 5.74) is 0. The molecule has 0 aliphatic rings. The molecule has 6 heteroatoms. The Morgan fingerprint density at radius 3 is 2.15 bits per heavy atom. The van der Waals surface area contributed by atoms with Gasteiger partial charge in [0.05, 0.1) is 0 Å². The van der Waals surface area contributed by atoms with Crippen molar-refractivity contribution in [1.82, 2.24) is 0 Å². The number of hydrogen-bond donors (Lipinski definition) is 0. The van der Waals surface area contributed by atoms with Crippen LogP contribution in [0.4, 0.5) is 13.2 Å². The molecular formula is C7H12F3MnN2-. The Balaban J connectivity index is 0. The number of halogens is 3. The fourth-order valence-electron chi connectivity index (χ4n) is 0.619. The maximum atomic E-state index is 11.6. The molecule has 0 fully saturated rings. The summed E-state index contributed by atoms with van der Waals surface area (Å²) in [7, 11) is 0. The predicted octanol–water partition coefficient (Wildman–Crippen LogP) is 2.75. The van der Waals surface area contributed by atoms with Gasteiger partial charge >= 0.3 is 6.18 Å². The zero-order valence-electron chi connectivity index (χ0n) is 7.69. The monoisotopic (exact) mass is 236 g/mol. The van der Waals surface area contributed by atoms with E-state index in [9.17, 15) is 13.2 Å². The van der Waals surface area contributed by atoms with Crippen molar-refractivity contribution in [2.45, 2.75) is 33.0 Å². The summed E-state index contributed by atoms with van der Waals surface area (Å²) in [5.74, 6) is 0.197. The Morgan fingerprint density at radius 1 is 1.38 bits per heavy atom. The molecule has 0 aromatic carbocycles. The van der Waals surface area contributed by atoms with Gasteiger partial charge in [-0.25, -0.2) is 0 Å². The molecule has 0 amide bonds. The molecule has 0 rings (SSSR count). The van der Waals surface area contributed by atoms with Crippen molar-refractivity contribution in [2.75, 3.05) is 6.54 Å². The van der Waals surface area contributed by atoms with Crippen molar-refractivity contribution in [3.8, 4) is 0 Å². The SMILES string of the molecule is CC(=NC(C)C)[N-]CC(F)(F)F.[Mn]. The first kappa shape index (κ1) is 15.3. The van der Waals surface area contributed by atoms with Crippen LogP contribution in [0.3, 0.4) is 0 Å². The first-order valence-corrected chi connectivity index (χ1v) is 3.60. The standard InChI is InChI=1S/C7H12F3N2.Mn/c1-5(2)12-6(3)11-4-7(8,9)10;/h5H,4H2,1-3H3;/q-1;. The van der Waals surface area contributed by atoms with Gasteiger partial charge in [0.2, 0.25) is 0 Å². The maximum absolute atomic E-state index is 11.6. The van der Waals surface area contributed by atoms with Crippen LogP contribution in [0.25, 0.3) is 5.32 Å². The van der Waals surface area contributed by atoms with Gasteiger partial charge in [-0.1, -0.05) is 19.7 Å². The van der Waals surface area contributed by atoms with E-state index in [1.54, 1.807) is 13.8 Å². The Hall–Kier alpha value is -0.221. The number of aliphatic imine (C=N–C) groups is 1. The van der Waals surface area contributed by atoms with Gasteiger partial charge in [0.25, 0.3) is 0 Å². The molecule has 0 bridgehead atoms. The van der Waals surface area contributed by atoms with Crippen LogP contribution in [0.1, 0.15) is 20.8 Å². The van der Waals surface area contributed by atoms with E-state index in [2.05, 4.69) is 10.3 Å². The van der Waals surface area contributed by atoms with E-state index < -0.39 is 12.7 Å². The molecule has 2 nitrogen and oxygen atoms in total. The van der Waals surface area contributed by atoms with Gasteiger partial charge in [0, 0.05) is 23.6 Å². The van der Waals surface area contributed by atoms with Gasteiger partial charge in [0.15, 0.2) is 0 Å². The minimum absolute atomic E-state index is 0. The minimum atomic E-state index is -4.23. The molecule has 1 radical (unpaired) electrons. The van der Waals surface area contributed by atoms with E-state index in [1.165, 1.54) is 6.92 Å². The quantitative estimate of drug-likeness (QED) is 0.400. The molecule has 0 atom stereocenters. The molecule has 13 heavy (non-hydrogen) atoms. The van der Waals surface area contributed by atoms with Crippen LogP contribution < -0.4 is 0 Å². The number of hydrogen-bond acceptors (Lipinski definition) is 1. The molecule has 0 N–H and O–H groups in total. The van der Waals surface area contributed by atoms with Crippen molar-refractivity contribution in [1.29, 1.82) is 0 Å². The maximum Gasteiger partial charge on any atom is 0.388 e. The molecule has 0 saturated carbocycles. The van der Waals surface area contributed by atoms with Crippen LogP contribution in [0.2, 0.25) is 0 Å². The Morgan fingerprint density at radius 2 is 1.85 bits per heavy atom. The average Bonchev–Trinajstić information content (AvgIpc) is 1.80. The smallest absolute Gasteiger partial charge is 0.388 e. The third-order valence-electron chi connectivity index (χ3n) is 0.932. The van der Waals surface area contributed by atoms with Crippen molar-refractivity contribution in [2.24, 2.45) is 4.99 Å². The van der Waals surface area contributed by atoms with Gasteiger partial charge < -0.3 is 10.3 Å². The Labute approximate surface area is 86.5 Å². The zero-order valence-corrected chi connectivity index (χ0v) is 8.87. The molecule has 0 heterocycles.